The average molecular weight is 419 g/mol. The van der Waals surface area contributed by atoms with Gasteiger partial charge in [0.2, 0.25) is 0 Å². The van der Waals surface area contributed by atoms with Crippen molar-refractivity contribution in [2.45, 2.75) is 19.3 Å². The van der Waals surface area contributed by atoms with Crippen LogP contribution in [0.15, 0.2) is 24.7 Å². The molecule has 0 aliphatic heterocycles. The van der Waals surface area contributed by atoms with Gasteiger partial charge in [-0.15, -0.1) is 0 Å². The Kier molecular flexibility index (Phi) is 4.84. The summed E-state index contributed by atoms with van der Waals surface area (Å²) >= 11 is 0. The first-order valence-electron chi connectivity index (χ1n) is 7.89. The van der Waals surface area contributed by atoms with E-state index in [0.29, 0.717) is 12.3 Å². The molecule has 0 amide bonds. The predicted octanol–water partition coefficient (Wildman–Crippen LogP) is 3.59. The lowest BCUT2D eigenvalue weighted by Crippen LogP contribution is -2.17. The highest BCUT2D eigenvalue weighted by molar-refractivity contribution is 5.92. The van der Waals surface area contributed by atoms with E-state index in [-0.39, 0.29) is 17.9 Å². The summed E-state index contributed by atoms with van der Waals surface area (Å²) in [5.74, 6) is -1.80. The molecule has 0 radical (unpaired) electrons. The van der Waals surface area contributed by atoms with Gasteiger partial charge < -0.3 is 10.5 Å². The van der Waals surface area contributed by atoms with Gasteiger partial charge in [-0.1, -0.05) is 0 Å². The number of nitrogens with zero attached hydrogens (tertiary/aromatic N) is 4. The SMILES string of the molecule is CCOC(=O)c1cc(-c2cc(C(F)(F)F)c3c(N)ncnn23)cnc1C(F)(F)F. The zero-order valence-corrected chi connectivity index (χ0v) is 14.5. The Labute approximate surface area is 158 Å². The van der Waals surface area contributed by atoms with E-state index < -0.39 is 46.5 Å². The Bertz CT molecular complexity index is 1090. The van der Waals surface area contributed by atoms with Crippen molar-refractivity contribution in [1.82, 2.24) is 19.6 Å². The van der Waals surface area contributed by atoms with Gasteiger partial charge in [0.1, 0.15) is 11.8 Å². The summed E-state index contributed by atoms with van der Waals surface area (Å²) < 4.78 is 85.1. The summed E-state index contributed by atoms with van der Waals surface area (Å²) in [6.45, 7) is 1.18. The minimum Gasteiger partial charge on any atom is -0.462 e. The molecule has 154 valence electrons. The lowest BCUT2D eigenvalue weighted by Gasteiger charge is -2.12. The van der Waals surface area contributed by atoms with Crippen LogP contribution in [0.5, 0.6) is 0 Å². The zero-order valence-electron chi connectivity index (χ0n) is 14.5. The van der Waals surface area contributed by atoms with Crippen molar-refractivity contribution in [3.8, 4) is 11.3 Å². The van der Waals surface area contributed by atoms with E-state index in [1.165, 1.54) is 6.92 Å². The minimum absolute atomic E-state index is 0.212. The molecule has 0 spiro atoms. The monoisotopic (exact) mass is 419 g/mol. The summed E-state index contributed by atoms with van der Waals surface area (Å²) in [6.07, 6.45) is -8.25. The lowest BCUT2D eigenvalue weighted by atomic mass is 10.1. The topological polar surface area (TPSA) is 95.4 Å². The highest BCUT2D eigenvalue weighted by Crippen LogP contribution is 2.39. The highest BCUT2D eigenvalue weighted by Gasteiger charge is 2.39. The number of aromatic nitrogens is 4. The number of halogens is 6. The molecule has 0 saturated carbocycles. The molecule has 3 aromatic heterocycles. The molecule has 0 bridgehead atoms. The number of pyridine rings is 1. The van der Waals surface area contributed by atoms with Crippen LogP contribution >= 0.6 is 0 Å². The van der Waals surface area contributed by atoms with Crippen molar-refractivity contribution >= 4 is 17.3 Å². The third-order valence-electron chi connectivity index (χ3n) is 3.84. The van der Waals surface area contributed by atoms with Gasteiger partial charge in [-0.25, -0.2) is 14.3 Å². The molecule has 3 rings (SSSR count). The lowest BCUT2D eigenvalue weighted by molar-refractivity contribution is -0.141. The molecule has 3 heterocycles. The number of carbonyl (C=O) groups excluding carboxylic acids is 1. The van der Waals surface area contributed by atoms with E-state index in [9.17, 15) is 31.1 Å². The van der Waals surface area contributed by atoms with Crippen molar-refractivity contribution in [2.75, 3.05) is 12.3 Å². The number of anilines is 1. The van der Waals surface area contributed by atoms with E-state index in [1.807, 2.05) is 0 Å². The largest absolute Gasteiger partial charge is 0.462 e. The highest BCUT2D eigenvalue weighted by atomic mass is 19.4. The first-order chi connectivity index (χ1) is 13.4. The molecule has 0 saturated heterocycles. The fourth-order valence-electron chi connectivity index (χ4n) is 2.68. The normalized spacial score (nSPS) is 12.4. The maximum Gasteiger partial charge on any atom is 0.434 e. The van der Waals surface area contributed by atoms with Crippen LogP contribution in [-0.4, -0.2) is 32.2 Å². The third kappa shape index (κ3) is 3.67. The Morgan fingerprint density at radius 2 is 1.83 bits per heavy atom. The number of hydrogen-bond acceptors (Lipinski definition) is 6. The van der Waals surface area contributed by atoms with Crippen LogP contribution in [-0.2, 0) is 17.1 Å². The number of ether oxygens (including phenoxy) is 1. The molecule has 0 aromatic carbocycles. The van der Waals surface area contributed by atoms with Gasteiger partial charge in [0.25, 0.3) is 0 Å². The van der Waals surface area contributed by atoms with E-state index in [4.69, 9.17) is 5.73 Å². The molecule has 7 nitrogen and oxygen atoms in total. The first-order valence-corrected chi connectivity index (χ1v) is 7.89. The van der Waals surface area contributed by atoms with Crippen molar-refractivity contribution < 1.29 is 35.9 Å². The average Bonchev–Trinajstić information content (AvgIpc) is 3.02. The number of nitrogen functional groups attached to an aromatic ring is 1. The fourth-order valence-corrected chi connectivity index (χ4v) is 2.68. The van der Waals surface area contributed by atoms with Gasteiger partial charge in [-0.3, -0.25) is 4.98 Å². The summed E-state index contributed by atoms with van der Waals surface area (Å²) in [7, 11) is 0. The molecule has 3 aromatic rings. The summed E-state index contributed by atoms with van der Waals surface area (Å²) in [5, 5.41) is 3.69. The van der Waals surface area contributed by atoms with E-state index in [0.717, 1.165) is 16.9 Å². The maximum absolute atomic E-state index is 13.4. The number of carbonyl (C=O) groups is 1. The van der Waals surface area contributed by atoms with Gasteiger partial charge >= 0.3 is 18.3 Å². The molecule has 0 fully saturated rings. The summed E-state index contributed by atoms with van der Waals surface area (Å²) in [6, 6.07) is 1.38. The molecule has 0 aliphatic carbocycles. The molecule has 0 unspecified atom stereocenters. The molecule has 0 aliphatic rings. The minimum atomic E-state index is -4.98. The Morgan fingerprint density at radius 1 is 1.14 bits per heavy atom. The number of hydrogen-bond donors (Lipinski definition) is 1. The van der Waals surface area contributed by atoms with Crippen molar-refractivity contribution in [1.29, 1.82) is 0 Å². The van der Waals surface area contributed by atoms with Crippen LogP contribution < -0.4 is 5.73 Å². The fraction of sp³-hybridized carbons (Fsp3) is 0.250. The summed E-state index contributed by atoms with van der Waals surface area (Å²) in [4.78, 5) is 18.7. The second-order valence-electron chi connectivity index (χ2n) is 5.69. The Balaban J connectivity index is 2.29. The Morgan fingerprint density at radius 3 is 2.41 bits per heavy atom. The van der Waals surface area contributed by atoms with Crippen LogP contribution in [0.25, 0.3) is 16.8 Å². The van der Waals surface area contributed by atoms with Crippen molar-refractivity contribution in [2.24, 2.45) is 0 Å². The summed E-state index contributed by atoms with van der Waals surface area (Å²) in [5.41, 5.74) is 0.785. The molecule has 13 heteroatoms. The van der Waals surface area contributed by atoms with Crippen LogP contribution in [0.2, 0.25) is 0 Å². The second kappa shape index (κ2) is 6.90. The number of fused-ring (bicyclic) bond motifs is 1. The second-order valence-corrected chi connectivity index (χ2v) is 5.69. The molecule has 2 N–H and O–H groups in total. The van der Waals surface area contributed by atoms with Gasteiger partial charge in [-0.2, -0.15) is 31.4 Å². The quantitative estimate of drug-likeness (QED) is 0.515. The predicted molar refractivity (Wildman–Crippen MR) is 86.6 cm³/mol. The van der Waals surface area contributed by atoms with E-state index >= 15 is 0 Å². The van der Waals surface area contributed by atoms with Gasteiger partial charge in [0, 0.05) is 11.8 Å². The van der Waals surface area contributed by atoms with E-state index in [2.05, 4.69) is 19.8 Å². The maximum atomic E-state index is 13.4. The van der Waals surface area contributed by atoms with Crippen LogP contribution in [0.1, 0.15) is 28.5 Å². The number of esters is 1. The number of alkyl halides is 6. The van der Waals surface area contributed by atoms with Gasteiger partial charge in [0.15, 0.2) is 11.5 Å². The van der Waals surface area contributed by atoms with Crippen molar-refractivity contribution in [3.63, 3.8) is 0 Å². The molecule has 29 heavy (non-hydrogen) atoms. The molecule has 0 atom stereocenters. The van der Waals surface area contributed by atoms with Crippen molar-refractivity contribution in [3.05, 3.63) is 41.5 Å². The van der Waals surface area contributed by atoms with Crippen LogP contribution in [0, 0.1) is 0 Å². The zero-order chi connectivity index (χ0) is 21.6. The van der Waals surface area contributed by atoms with Gasteiger partial charge in [0.05, 0.1) is 23.4 Å². The number of nitrogens with two attached hydrogens (primary N) is 1. The van der Waals surface area contributed by atoms with E-state index in [1.54, 1.807) is 0 Å². The first kappa shape index (κ1) is 20.4. The van der Waals surface area contributed by atoms with Crippen LogP contribution in [0.4, 0.5) is 32.2 Å². The van der Waals surface area contributed by atoms with Gasteiger partial charge in [-0.05, 0) is 19.1 Å². The standard InChI is InChI=1S/C16H11F6N5O2/c1-2-29-14(28)8-3-7(5-24-12(8)16(20,21)22)10-4-9(15(17,18)19)11-13(23)25-6-26-27(10)11/h3-6H,2H2,1H3,(H2,23,25,26). The smallest absolute Gasteiger partial charge is 0.434 e. The van der Waals surface area contributed by atoms with Crippen LogP contribution in [0.3, 0.4) is 0 Å². The molecular formula is C16H11F6N5O2. The molecular weight excluding hydrogens is 408 g/mol. The third-order valence-corrected chi connectivity index (χ3v) is 3.84. The Hall–Kier alpha value is -3.38. The number of rotatable bonds is 3.